The third kappa shape index (κ3) is 3.81. The minimum absolute atomic E-state index is 0.745. The van der Waals surface area contributed by atoms with Crippen LogP contribution in [0.4, 0.5) is 0 Å². The van der Waals surface area contributed by atoms with Crippen molar-refractivity contribution in [1.82, 2.24) is 0 Å². The van der Waals surface area contributed by atoms with Crippen LogP contribution in [0.15, 0.2) is 12.1 Å². The summed E-state index contributed by atoms with van der Waals surface area (Å²) in [4.78, 5) is 0. The van der Waals surface area contributed by atoms with Crippen molar-refractivity contribution in [1.29, 1.82) is 0 Å². The summed E-state index contributed by atoms with van der Waals surface area (Å²) < 4.78 is 16.0. The first-order valence-corrected chi connectivity index (χ1v) is 6.25. The summed E-state index contributed by atoms with van der Waals surface area (Å²) in [6.07, 6.45) is 4.18. The maximum atomic E-state index is 5.49. The first-order valence-electron chi connectivity index (χ1n) is 6.25. The Balaban J connectivity index is 2.85. The van der Waals surface area contributed by atoms with Gasteiger partial charge in [-0.15, -0.1) is 0 Å². The Morgan fingerprint density at radius 1 is 0.889 bits per heavy atom. The van der Waals surface area contributed by atoms with E-state index >= 15 is 0 Å². The van der Waals surface area contributed by atoms with Crippen molar-refractivity contribution in [3.63, 3.8) is 0 Å². The molecular weight excluding hydrogens is 230 g/mol. The zero-order chi connectivity index (χ0) is 13.4. The van der Waals surface area contributed by atoms with Gasteiger partial charge in [0.15, 0.2) is 0 Å². The first kappa shape index (κ1) is 14.6. The van der Waals surface area contributed by atoms with E-state index in [1.54, 1.807) is 21.3 Å². The van der Waals surface area contributed by atoms with Gasteiger partial charge in [0.25, 0.3) is 0 Å². The van der Waals surface area contributed by atoms with Crippen LogP contribution in [0, 0.1) is 0 Å². The molecule has 1 aromatic rings. The molecule has 18 heavy (non-hydrogen) atoms. The number of nitrogens with two attached hydrogens (primary N) is 1. The molecule has 2 N–H and O–H groups in total. The molecule has 4 nitrogen and oxygen atoms in total. The molecule has 0 aliphatic carbocycles. The lowest BCUT2D eigenvalue weighted by atomic mass is 10.0. The van der Waals surface area contributed by atoms with E-state index in [2.05, 4.69) is 0 Å². The lowest BCUT2D eigenvalue weighted by molar-refractivity contribution is 0.368. The van der Waals surface area contributed by atoms with E-state index in [1.165, 1.54) is 0 Å². The van der Waals surface area contributed by atoms with Crippen LogP contribution in [0.1, 0.15) is 24.8 Å². The van der Waals surface area contributed by atoms with E-state index in [4.69, 9.17) is 19.9 Å². The van der Waals surface area contributed by atoms with Crippen molar-refractivity contribution in [3.05, 3.63) is 17.7 Å². The highest BCUT2D eigenvalue weighted by Crippen LogP contribution is 2.35. The number of unbranched alkanes of at least 4 members (excludes halogenated alkanes) is 2. The van der Waals surface area contributed by atoms with Gasteiger partial charge in [0.05, 0.1) is 21.3 Å². The average molecular weight is 253 g/mol. The highest BCUT2D eigenvalue weighted by atomic mass is 16.5. The molecule has 1 rings (SSSR count). The van der Waals surface area contributed by atoms with Gasteiger partial charge in [-0.05, 0) is 25.8 Å². The second-order valence-electron chi connectivity index (χ2n) is 4.11. The molecule has 0 aromatic heterocycles. The predicted octanol–water partition coefficient (Wildman–Crippen LogP) is 2.38. The van der Waals surface area contributed by atoms with Crippen LogP contribution < -0.4 is 19.9 Å². The molecule has 1 aromatic carbocycles. The summed E-state index contributed by atoms with van der Waals surface area (Å²) in [6, 6.07) is 3.78. The number of hydrogen-bond donors (Lipinski definition) is 1. The van der Waals surface area contributed by atoms with Gasteiger partial charge in [0, 0.05) is 17.7 Å². The van der Waals surface area contributed by atoms with Gasteiger partial charge in [0.1, 0.15) is 17.2 Å². The van der Waals surface area contributed by atoms with Crippen molar-refractivity contribution in [2.75, 3.05) is 27.9 Å². The Morgan fingerprint density at radius 2 is 1.50 bits per heavy atom. The Morgan fingerprint density at radius 3 is 1.94 bits per heavy atom. The summed E-state index contributed by atoms with van der Waals surface area (Å²) >= 11 is 0. The number of ether oxygens (including phenoxy) is 3. The van der Waals surface area contributed by atoms with Gasteiger partial charge in [-0.1, -0.05) is 6.42 Å². The van der Waals surface area contributed by atoms with Crippen LogP contribution in [0.3, 0.4) is 0 Å². The summed E-state index contributed by atoms with van der Waals surface area (Å²) in [6.45, 7) is 0.747. The van der Waals surface area contributed by atoms with E-state index in [0.29, 0.717) is 0 Å². The molecule has 0 radical (unpaired) electrons. The summed E-state index contributed by atoms with van der Waals surface area (Å²) in [5.41, 5.74) is 6.59. The van der Waals surface area contributed by atoms with Crippen LogP contribution in [0.2, 0.25) is 0 Å². The fraction of sp³-hybridized carbons (Fsp3) is 0.571. The molecule has 0 aliphatic heterocycles. The van der Waals surface area contributed by atoms with Crippen molar-refractivity contribution in [2.45, 2.75) is 25.7 Å². The molecular formula is C14H23NO3. The van der Waals surface area contributed by atoms with Crippen LogP contribution in [0.5, 0.6) is 17.2 Å². The summed E-state index contributed by atoms with van der Waals surface area (Å²) in [5.74, 6) is 2.38. The van der Waals surface area contributed by atoms with Crippen LogP contribution in [-0.2, 0) is 6.42 Å². The van der Waals surface area contributed by atoms with E-state index < -0.39 is 0 Å². The largest absolute Gasteiger partial charge is 0.496 e. The average Bonchev–Trinajstić information content (AvgIpc) is 2.42. The third-order valence-corrected chi connectivity index (χ3v) is 2.95. The Bertz CT molecular complexity index is 341. The van der Waals surface area contributed by atoms with E-state index in [9.17, 15) is 0 Å². The second kappa shape index (κ2) is 7.82. The molecule has 0 unspecified atom stereocenters. The summed E-state index contributed by atoms with van der Waals surface area (Å²) in [7, 11) is 4.96. The van der Waals surface area contributed by atoms with Crippen molar-refractivity contribution < 1.29 is 14.2 Å². The molecule has 0 spiro atoms. The Hall–Kier alpha value is -1.42. The molecule has 0 amide bonds. The Kier molecular flexibility index (Phi) is 6.36. The molecule has 0 saturated heterocycles. The lowest BCUT2D eigenvalue weighted by Crippen LogP contribution is -2.01. The standard InChI is InChI=1S/C14H23NO3/c1-16-11-9-13(17-2)12(14(10-11)18-3)7-5-4-6-8-15/h9-10H,4-8,15H2,1-3H3. The third-order valence-electron chi connectivity index (χ3n) is 2.95. The number of methoxy groups -OCH3 is 3. The van der Waals surface area contributed by atoms with Crippen molar-refractivity contribution in [3.8, 4) is 17.2 Å². The fourth-order valence-electron chi connectivity index (χ4n) is 1.95. The minimum Gasteiger partial charge on any atom is -0.496 e. The van der Waals surface area contributed by atoms with Crippen LogP contribution in [-0.4, -0.2) is 27.9 Å². The second-order valence-corrected chi connectivity index (χ2v) is 4.11. The Labute approximate surface area is 109 Å². The van der Waals surface area contributed by atoms with E-state index in [1.807, 2.05) is 12.1 Å². The molecule has 0 heterocycles. The molecule has 4 heteroatoms. The number of hydrogen-bond acceptors (Lipinski definition) is 4. The van der Waals surface area contributed by atoms with Gasteiger partial charge < -0.3 is 19.9 Å². The molecule has 102 valence electrons. The van der Waals surface area contributed by atoms with Crippen LogP contribution in [0.25, 0.3) is 0 Å². The number of rotatable bonds is 8. The van der Waals surface area contributed by atoms with E-state index in [0.717, 1.165) is 55.0 Å². The molecule has 0 atom stereocenters. The molecule has 0 aliphatic rings. The first-order chi connectivity index (χ1) is 8.76. The van der Waals surface area contributed by atoms with Gasteiger partial charge in [-0.3, -0.25) is 0 Å². The predicted molar refractivity (Wildman–Crippen MR) is 72.7 cm³/mol. The van der Waals surface area contributed by atoms with Gasteiger partial charge >= 0.3 is 0 Å². The highest BCUT2D eigenvalue weighted by Gasteiger charge is 2.12. The topological polar surface area (TPSA) is 53.7 Å². The zero-order valence-electron chi connectivity index (χ0n) is 11.5. The molecule has 0 fully saturated rings. The molecule has 0 bridgehead atoms. The minimum atomic E-state index is 0.745. The maximum Gasteiger partial charge on any atom is 0.129 e. The normalized spacial score (nSPS) is 10.2. The quantitative estimate of drug-likeness (QED) is 0.723. The number of benzene rings is 1. The smallest absolute Gasteiger partial charge is 0.129 e. The fourth-order valence-corrected chi connectivity index (χ4v) is 1.95. The van der Waals surface area contributed by atoms with Gasteiger partial charge in [0.2, 0.25) is 0 Å². The lowest BCUT2D eigenvalue weighted by Gasteiger charge is -2.15. The molecule has 0 saturated carbocycles. The monoisotopic (exact) mass is 253 g/mol. The SMILES string of the molecule is COc1cc(OC)c(CCCCCN)c(OC)c1. The van der Waals surface area contributed by atoms with Crippen molar-refractivity contribution in [2.24, 2.45) is 5.73 Å². The summed E-state index contributed by atoms with van der Waals surface area (Å²) in [5, 5.41) is 0. The van der Waals surface area contributed by atoms with Gasteiger partial charge in [-0.2, -0.15) is 0 Å². The van der Waals surface area contributed by atoms with Crippen molar-refractivity contribution >= 4 is 0 Å². The zero-order valence-corrected chi connectivity index (χ0v) is 11.5. The van der Waals surface area contributed by atoms with E-state index in [-0.39, 0.29) is 0 Å². The highest BCUT2D eigenvalue weighted by molar-refractivity contribution is 5.50. The van der Waals surface area contributed by atoms with Crippen LogP contribution >= 0.6 is 0 Å². The van der Waals surface area contributed by atoms with Gasteiger partial charge in [-0.25, -0.2) is 0 Å². The maximum absolute atomic E-state index is 5.49.